The van der Waals surface area contributed by atoms with Gasteiger partial charge in [-0.15, -0.1) is 0 Å². The fourth-order valence-corrected chi connectivity index (χ4v) is 3.93. The van der Waals surface area contributed by atoms with Crippen molar-refractivity contribution in [2.24, 2.45) is 5.92 Å². The highest BCUT2D eigenvalue weighted by molar-refractivity contribution is 5.89. The number of carbonyl (C=O) groups is 2. The number of carboxylic acid groups (broad SMARTS) is 1. The van der Waals surface area contributed by atoms with E-state index < -0.39 is 12.0 Å². The number of nitrogens with zero attached hydrogens (tertiary/aromatic N) is 1. The SMILES string of the molecule is COC1CC(C(=O)O)N(C(=O)C2CC2c2ccc3ccccc3c2)C1. The minimum Gasteiger partial charge on any atom is -0.480 e. The zero-order chi connectivity index (χ0) is 17.6. The van der Waals surface area contributed by atoms with Crippen molar-refractivity contribution >= 4 is 22.6 Å². The van der Waals surface area contributed by atoms with E-state index in [1.807, 2.05) is 12.1 Å². The summed E-state index contributed by atoms with van der Waals surface area (Å²) in [5.41, 5.74) is 1.16. The summed E-state index contributed by atoms with van der Waals surface area (Å²) >= 11 is 0. The van der Waals surface area contributed by atoms with Gasteiger partial charge in [0, 0.05) is 26.0 Å². The van der Waals surface area contributed by atoms with Crippen molar-refractivity contribution in [2.45, 2.75) is 30.9 Å². The molecule has 1 saturated carbocycles. The molecule has 1 N–H and O–H groups in total. The van der Waals surface area contributed by atoms with Crippen LogP contribution in [0.2, 0.25) is 0 Å². The Morgan fingerprint density at radius 1 is 1.12 bits per heavy atom. The second-order valence-corrected chi connectivity index (χ2v) is 6.99. The molecule has 1 aliphatic carbocycles. The Kier molecular flexibility index (Phi) is 3.96. The number of amides is 1. The molecule has 4 rings (SSSR count). The van der Waals surface area contributed by atoms with E-state index in [2.05, 4.69) is 30.3 Å². The van der Waals surface area contributed by atoms with Crippen LogP contribution >= 0.6 is 0 Å². The number of carbonyl (C=O) groups excluding carboxylic acids is 1. The van der Waals surface area contributed by atoms with Gasteiger partial charge < -0.3 is 14.7 Å². The van der Waals surface area contributed by atoms with E-state index in [0.29, 0.717) is 13.0 Å². The molecule has 1 saturated heterocycles. The summed E-state index contributed by atoms with van der Waals surface area (Å²) in [6, 6.07) is 13.7. The van der Waals surface area contributed by atoms with E-state index in [4.69, 9.17) is 4.74 Å². The highest BCUT2D eigenvalue weighted by Crippen LogP contribution is 2.49. The van der Waals surface area contributed by atoms with E-state index >= 15 is 0 Å². The van der Waals surface area contributed by atoms with Gasteiger partial charge >= 0.3 is 5.97 Å². The van der Waals surface area contributed by atoms with E-state index in [-0.39, 0.29) is 23.8 Å². The van der Waals surface area contributed by atoms with Gasteiger partial charge in [0.1, 0.15) is 6.04 Å². The van der Waals surface area contributed by atoms with Crippen LogP contribution < -0.4 is 0 Å². The smallest absolute Gasteiger partial charge is 0.326 e. The highest BCUT2D eigenvalue weighted by atomic mass is 16.5. The first-order chi connectivity index (χ1) is 12.1. The molecular weight excluding hydrogens is 318 g/mol. The molecule has 1 amide bonds. The standard InChI is InChI=1S/C20H21NO4/c1-25-15-9-18(20(23)24)21(11-15)19(22)17-10-16(17)14-7-6-12-4-2-3-5-13(12)8-14/h2-8,15-18H,9-11H2,1H3,(H,23,24). The Morgan fingerprint density at radius 3 is 2.60 bits per heavy atom. The number of hydrogen-bond donors (Lipinski definition) is 1. The quantitative estimate of drug-likeness (QED) is 0.930. The average molecular weight is 339 g/mol. The van der Waals surface area contributed by atoms with Crippen LogP contribution in [-0.2, 0) is 14.3 Å². The number of carboxylic acids is 1. The molecule has 1 aliphatic heterocycles. The van der Waals surface area contributed by atoms with Gasteiger partial charge in [-0.3, -0.25) is 4.79 Å². The maximum atomic E-state index is 12.8. The number of aliphatic carboxylic acids is 1. The summed E-state index contributed by atoms with van der Waals surface area (Å²) in [7, 11) is 1.56. The van der Waals surface area contributed by atoms with Crippen LogP contribution in [0.3, 0.4) is 0 Å². The van der Waals surface area contributed by atoms with E-state index in [1.54, 1.807) is 7.11 Å². The lowest BCUT2D eigenvalue weighted by Gasteiger charge is -2.21. The molecule has 1 heterocycles. The molecule has 2 aliphatic rings. The molecule has 2 aromatic carbocycles. The lowest BCUT2D eigenvalue weighted by molar-refractivity contribution is -0.148. The first kappa shape index (κ1) is 16.1. The van der Waals surface area contributed by atoms with Crippen molar-refractivity contribution in [3.05, 3.63) is 48.0 Å². The van der Waals surface area contributed by atoms with Crippen molar-refractivity contribution in [3.8, 4) is 0 Å². The lowest BCUT2D eigenvalue weighted by Crippen LogP contribution is -2.41. The number of rotatable bonds is 4. The Bertz CT molecular complexity index is 833. The first-order valence-electron chi connectivity index (χ1n) is 8.63. The van der Waals surface area contributed by atoms with Crippen LogP contribution in [0, 0.1) is 5.92 Å². The van der Waals surface area contributed by atoms with Gasteiger partial charge in [0.2, 0.25) is 5.91 Å². The third kappa shape index (κ3) is 2.89. The van der Waals surface area contributed by atoms with Crippen LogP contribution in [0.25, 0.3) is 10.8 Å². The van der Waals surface area contributed by atoms with Gasteiger partial charge in [-0.25, -0.2) is 4.79 Å². The summed E-state index contributed by atoms with van der Waals surface area (Å²) in [5, 5.41) is 11.8. The van der Waals surface area contributed by atoms with Crippen molar-refractivity contribution in [3.63, 3.8) is 0 Å². The van der Waals surface area contributed by atoms with Crippen LogP contribution in [0.5, 0.6) is 0 Å². The Labute approximate surface area is 146 Å². The topological polar surface area (TPSA) is 66.8 Å². The minimum atomic E-state index is -0.948. The monoisotopic (exact) mass is 339 g/mol. The molecule has 2 aromatic rings. The Hall–Kier alpha value is -2.40. The Balaban J connectivity index is 1.51. The first-order valence-corrected chi connectivity index (χ1v) is 8.63. The molecule has 0 bridgehead atoms. The van der Waals surface area contributed by atoms with Gasteiger partial charge in [-0.1, -0.05) is 42.5 Å². The largest absolute Gasteiger partial charge is 0.480 e. The predicted molar refractivity (Wildman–Crippen MR) is 93.3 cm³/mol. The second-order valence-electron chi connectivity index (χ2n) is 6.99. The molecule has 4 unspecified atom stereocenters. The van der Waals surface area contributed by atoms with E-state index in [0.717, 1.165) is 12.0 Å². The molecule has 5 nitrogen and oxygen atoms in total. The third-order valence-electron chi connectivity index (χ3n) is 5.47. The van der Waals surface area contributed by atoms with Gasteiger partial charge in [0.05, 0.1) is 6.10 Å². The summed E-state index contributed by atoms with van der Waals surface area (Å²) < 4.78 is 5.27. The molecule has 0 spiro atoms. The van der Waals surface area contributed by atoms with Gasteiger partial charge in [-0.05, 0) is 28.7 Å². The zero-order valence-electron chi connectivity index (χ0n) is 14.1. The highest BCUT2D eigenvalue weighted by Gasteiger charge is 2.50. The number of hydrogen-bond acceptors (Lipinski definition) is 3. The van der Waals surface area contributed by atoms with Crippen LogP contribution in [-0.4, -0.2) is 47.7 Å². The number of methoxy groups -OCH3 is 1. The third-order valence-corrected chi connectivity index (χ3v) is 5.47. The maximum Gasteiger partial charge on any atom is 0.326 e. The maximum absolute atomic E-state index is 12.8. The second kappa shape index (κ2) is 6.15. The van der Waals surface area contributed by atoms with Gasteiger partial charge in [0.25, 0.3) is 0 Å². The summed E-state index contributed by atoms with van der Waals surface area (Å²) in [5.74, 6) is -0.923. The summed E-state index contributed by atoms with van der Waals surface area (Å²) in [6.07, 6.45) is 0.964. The van der Waals surface area contributed by atoms with Crippen molar-refractivity contribution in [2.75, 3.05) is 13.7 Å². The summed E-state index contributed by atoms with van der Waals surface area (Å²) in [6.45, 7) is 0.368. The van der Waals surface area contributed by atoms with Crippen LogP contribution in [0.15, 0.2) is 42.5 Å². The molecule has 0 aromatic heterocycles. The normalized spacial score (nSPS) is 28.3. The number of likely N-dealkylation sites (tertiary alicyclic amines) is 1. The summed E-state index contributed by atoms with van der Waals surface area (Å²) in [4.78, 5) is 25.8. The van der Waals surface area contributed by atoms with E-state index in [1.165, 1.54) is 15.7 Å². The number of benzene rings is 2. The Morgan fingerprint density at radius 2 is 1.88 bits per heavy atom. The molecule has 5 heteroatoms. The number of ether oxygens (including phenoxy) is 1. The molecule has 2 fully saturated rings. The van der Waals surface area contributed by atoms with Crippen LogP contribution in [0.1, 0.15) is 24.3 Å². The molecule has 0 radical (unpaired) electrons. The van der Waals surface area contributed by atoms with Crippen molar-refractivity contribution < 1.29 is 19.4 Å². The van der Waals surface area contributed by atoms with E-state index in [9.17, 15) is 14.7 Å². The minimum absolute atomic E-state index is 0.0508. The lowest BCUT2D eigenvalue weighted by atomic mass is 10.0. The van der Waals surface area contributed by atoms with Crippen molar-refractivity contribution in [1.82, 2.24) is 4.90 Å². The number of fused-ring (bicyclic) bond motifs is 1. The molecule has 4 atom stereocenters. The van der Waals surface area contributed by atoms with Crippen molar-refractivity contribution in [1.29, 1.82) is 0 Å². The zero-order valence-corrected chi connectivity index (χ0v) is 14.1. The van der Waals surface area contributed by atoms with Gasteiger partial charge in [0.15, 0.2) is 0 Å². The van der Waals surface area contributed by atoms with Crippen LogP contribution in [0.4, 0.5) is 0 Å². The fourth-order valence-electron chi connectivity index (χ4n) is 3.93. The fraction of sp³-hybridized carbons (Fsp3) is 0.400. The molecular formula is C20H21NO4. The van der Waals surface area contributed by atoms with Gasteiger partial charge in [-0.2, -0.15) is 0 Å². The molecule has 25 heavy (non-hydrogen) atoms. The predicted octanol–water partition coefficient (Wildman–Crippen LogP) is 2.64. The average Bonchev–Trinajstić information content (AvgIpc) is 3.31. The molecule has 130 valence electrons.